The van der Waals surface area contributed by atoms with Gasteiger partial charge in [-0.2, -0.15) is 0 Å². The highest BCUT2D eigenvalue weighted by atomic mass is 35.5. The molecular formula is C16H14ClN3O. The summed E-state index contributed by atoms with van der Waals surface area (Å²) in [5, 5.41) is 3.89. The molecule has 1 aromatic heterocycles. The molecule has 0 aliphatic heterocycles. The second-order valence-electron chi connectivity index (χ2n) is 4.47. The number of para-hydroxylation sites is 2. The largest absolute Gasteiger partial charge is 0.492 e. The van der Waals surface area contributed by atoms with Crippen LogP contribution in [-0.4, -0.2) is 23.1 Å². The number of fused-ring (bicyclic) bond motifs is 1. The van der Waals surface area contributed by atoms with Gasteiger partial charge in [-0.05, 0) is 36.4 Å². The fraction of sp³-hybridized carbons (Fsp3) is 0.125. The number of ether oxygens (including phenoxy) is 1. The lowest BCUT2D eigenvalue weighted by molar-refractivity contribution is 0.333. The highest BCUT2D eigenvalue weighted by molar-refractivity contribution is 6.30. The Morgan fingerprint density at radius 1 is 1.00 bits per heavy atom. The Hall–Kier alpha value is -2.33. The van der Waals surface area contributed by atoms with Crippen LogP contribution in [0.2, 0.25) is 5.02 Å². The summed E-state index contributed by atoms with van der Waals surface area (Å²) in [7, 11) is 0. The molecule has 106 valence electrons. The van der Waals surface area contributed by atoms with E-state index in [0.29, 0.717) is 18.2 Å². The molecule has 0 aliphatic rings. The Morgan fingerprint density at radius 3 is 2.57 bits per heavy atom. The van der Waals surface area contributed by atoms with Crippen LogP contribution >= 0.6 is 11.6 Å². The number of halogens is 1. The van der Waals surface area contributed by atoms with Crippen LogP contribution in [0.3, 0.4) is 0 Å². The van der Waals surface area contributed by atoms with Crippen molar-refractivity contribution in [3.8, 4) is 5.75 Å². The Labute approximate surface area is 127 Å². The summed E-state index contributed by atoms with van der Waals surface area (Å²) >= 11 is 5.82. The number of hydrogen-bond acceptors (Lipinski definition) is 4. The molecule has 0 aliphatic carbocycles. The Kier molecular flexibility index (Phi) is 4.17. The number of aromatic nitrogens is 2. The molecular weight excluding hydrogens is 286 g/mol. The van der Waals surface area contributed by atoms with E-state index in [-0.39, 0.29) is 0 Å². The van der Waals surface area contributed by atoms with E-state index in [2.05, 4.69) is 15.3 Å². The highest BCUT2D eigenvalue weighted by Gasteiger charge is 1.99. The predicted octanol–water partition coefficient (Wildman–Crippen LogP) is 3.77. The van der Waals surface area contributed by atoms with Gasteiger partial charge in [0.25, 0.3) is 0 Å². The zero-order chi connectivity index (χ0) is 14.5. The fourth-order valence-corrected chi connectivity index (χ4v) is 2.05. The van der Waals surface area contributed by atoms with Gasteiger partial charge < -0.3 is 10.1 Å². The average Bonchev–Trinajstić information content (AvgIpc) is 2.53. The van der Waals surface area contributed by atoms with Crippen LogP contribution < -0.4 is 10.1 Å². The molecule has 3 rings (SSSR count). The van der Waals surface area contributed by atoms with E-state index in [1.807, 2.05) is 36.4 Å². The normalized spacial score (nSPS) is 10.5. The first-order valence-corrected chi connectivity index (χ1v) is 7.03. The molecule has 0 amide bonds. The van der Waals surface area contributed by atoms with Gasteiger partial charge in [0, 0.05) is 5.02 Å². The van der Waals surface area contributed by atoms with Crippen molar-refractivity contribution < 1.29 is 4.74 Å². The molecule has 0 radical (unpaired) electrons. The molecule has 21 heavy (non-hydrogen) atoms. The topological polar surface area (TPSA) is 47.0 Å². The van der Waals surface area contributed by atoms with Gasteiger partial charge in [-0.15, -0.1) is 0 Å². The average molecular weight is 300 g/mol. The number of anilines is 1. The minimum Gasteiger partial charge on any atom is -0.492 e. The summed E-state index contributed by atoms with van der Waals surface area (Å²) in [5.41, 5.74) is 1.77. The van der Waals surface area contributed by atoms with E-state index >= 15 is 0 Å². The minimum atomic E-state index is 0.538. The molecule has 4 nitrogen and oxygen atoms in total. The van der Waals surface area contributed by atoms with Crippen LogP contribution in [-0.2, 0) is 0 Å². The molecule has 0 atom stereocenters. The second-order valence-corrected chi connectivity index (χ2v) is 4.91. The van der Waals surface area contributed by atoms with Gasteiger partial charge >= 0.3 is 0 Å². The molecule has 0 saturated carbocycles. The Morgan fingerprint density at radius 2 is 1.76 bits per heavy atom. The Balaban J connectivity index is 1.53. The van der Waals surface area contributed by atoms with Crippen molar-refractivity contribution in [3.05, 3.63) is 59.8 Å². The third-order valence-electron chi connectivity index (χ3n) is 2.94. The summed E-state index contributed by atoms with van der Waals surface area (Å²) in [6, 6.07) is 15.1. The van der Waals surface area contributed by atoms with Crippen LogP contribution in [0.15, 0.2) is 54.7 Å². The monoisotopic (exact) mass is 299 g/mol. The van der Waals surface area contributed by atoms with Crippen molar-refractivity contribution in [2.75, 3.05) is 18.5 Å². The highest BCUT2D eigenvalue weighted by Crippen LogP contribution is 2.15. The predicted molar refractivity (Wildman–Crippen MR) is 85.0 cm³/mol. The van der Waals surface area contributed by atoms with Crippen LogP contribution in [0.25, 0.3) is 11.0 Å². The number of nitrogens with one attached hydrogen (secondary N) is 1. The first-order chi connectivity index (χ1) is 10.3. The third kappa shape index (κ3) is 3.61. The Bertz CT molecular complexity index is 731. The first-order valence-electron chi connectivity index (χ1n) is 6.65. The van der Waals surface area contributed by atoms with Crippen molar-refractivity contribution in [2.45, 2.75) is 0 Å². The smallest absolute Gasteiger partial charge is 0.145 e. The maximum atomic E-state index is 5.82. The molecule has 0 fully saturated rings. The number of rotatable bonds is 5. The zero-order valence-corrected chi connectivity index (χ0v) is 12.0. The van der Waals surface area contributed by atoms with Crippen molar-refractivity contribution in [1.82, 2.24) is 9.97 Å². The van der Waals surface area contributed by atoms with Crippen molar-refractivity contribution >= 4 is 28.5 Å². The van der Waals surface area contributed by atoms with E-state index in [1.54, 1.807) is 18.3 Å². The van der Waals surface area contributed by atoms with Gasteiger partial charge in [-0.1, -0.05) is 23.7 Å². The molecule has 0 saturated heterocycles. The minimum absolute atomic E-state index is 0.538. The molecule has 0 spiro atoms. The van der Waals surface area contributed by atoms with Crippen LogP contribution in [0.1, 0.15) is 0 Å². The van der Waals surface area contributed by atoms with Crippen LogP contribution in [0, 0.1) is 0 Å². The molecule has 5 heteroatoms. The summed E-state index contributed by atoms with van der Waals surface area (Å²) in [4.78, 5) is 8.83. The first kappa shape index (κ1) is 13.6. The molecule has 1 heterocycles. The van der Waals surface area contributed by atoms with Crippen molar-refractivity contribution in [1.29, 1.82) is 0 Å². The van der Waals surface area contributed by atoms with Crippen molar-refractivity contribution in [3.63, 3.8) is 0 Å². The maximum absolute atomic E-state index is 5.82. The van der Waals surface area contributed by atoms with E-state index in [0.717, 1.165) is 22.6 Å². The van der Waals surface area contributed by atoms with Gasteiger partial charge in [-0.25, -0.2) is 4.98 Å². The van der Waals surface area contributed by atoms with Gasteiger partial charge in [0.2, 0.25) is 0 Å². The lowest BCUT2D eigenvalue weighted by Crippen LogP contribution is -2.12. The third-order valence-corrected chi connectivity index (χ3v) is 3.19. The number of nitrogens with zero attached hydrogens (tertiary/aromatic N) is 2. The lowest BCUT2D eigenvalue weighted by atomic mass is 10.3. The molecule has 3 aromatic rings. The number of benzene rings is 2. The van der Waals surface area contributed by atoms with Crippen LogP contribution in [0.5, 0.6) is 5.75 Å². The summed E-state index contributed by atoms with van der Waals surface area (Å²) in [6.45, 7) is 1.19. The number of hydrogen-bond donors (Lipinski definition) is 1. The van der Waals surface area contributed by atoms with Gasteiger partial charge in [0.1, 0.15) is 18.2 Å². The van der Waals surface area contributed by atoms with Gasteiger partial charge in [0.15, 0.2) is 0 Å². The van der Waals surface area contributed by atoms with E-state index in [4.69, 9.17) is 16.3 Å². The fourth-order valence-electron chi connectivity index (χ4n) is 1.92. The lowest BCUT2D eigenvalue weighted by Gasteiger charge is -2.08. The van der Waals surface area contributed by atoms with Gasteiger partial charge in [0.05, 0.1) is 23.8 Å². The SMILES string of the molecule is Clc1ccc(OCCNc2cnc3ccccc3n2)cc1. The molecule has 0 bridgehead atoms. The second kappa shape index (κ2) is 6.41. The molecule has 1 N–H and O–H groups in total. The van der Waals surface area contributed by atoms with Gasteiger partial charge in [-0.3, -0.25) is 4.98 Å². The summed E-state index contributed by atoms with van der Waals surface area (Å²) in [6.07, 6.45) is 1.73. The summed E-state index contributed by atoms with van der Waals surface area (Å²) in [5.74, 6) is 1.54. The van der Waals surface area contributed by atoms with E-state index in [9.17, 15) is 0 Å². The van der Waals surface area contributed by atoms with Crippen molar-refractivity contribution in [2.24, 2.45) is 0 Å². The molecule has 0 unspecified atom stereocenters. The standard InChI is InChI=1S/C16H14ClN3O/c17-12-5-7-13(8-6-12)21-10-9-18-16-11-19-14-3-1-2-4-15(14)20-16/h1-8,11H,9-10H2,(H,18,20). The quantitative estimate of drug-likeness (QED) is 0.728. The summed E-state index contributed by atoms with van der Waals surface area (Å²) < 4.78 is 5.60. The van der Waals surface area contributed by atoms with E-state index in [1.165, 1.54) is 0 Å². The zero-order valence-electron chi connectivity index (χ0n) is 11.3. The molecule has 2 aromatic carbocycles. The van der Waals surface area contributed by atoms with E-state index < -0.39 is 0 Å². The maximum Gasteiger partial charge on any atom is 0.145 e. The van der Waals surface area contributed by atoms with Crippen LogP contribution in [0.4, 0.5) is 5.82 Å².